The molecule has 5 heteroatoms. The molecule has 0 bridgehead atoms. The highest BCUT2D eigenvalue weighted by Crippen LogP contribution is 2.26. The van der Waals surface area contributed by atoms with E-state index in [-0.39, 0.29) is 6.04 Å². The Morgan fingerprint density at radius 3 is 3.10 bits per heavy atom. The van der Waals surface area contributed by atoms with Gasteiger partial charge < -0.3 is 15.0 Å². The zero-order chi connectivity index (χ0) is 14.7. The largest absolute Gasteiger partial charge is 0.494 e. The number of ether oxygens (including phenoxy) is 1. The molecule has 0 fully saturated rings. The highest BCUT2D eigenvalue weighted by molar-refractivity contribution is 5.31. The van der Waals surface area contributed by atoms with Crippen LogP contribution in [-0.4, -0.2) is 34.1 Å². The van der Waals surface area contributed by atoms with Crippen molar-refractivity contribution >= 4 is 0 Å². The van der Waals surface area contributed by atoms with Gasteiger partial charge in [-0.15, -0.1) is 0 Å². The first-order valence-electron chi connectivity index (χ1n) is 7.48. The standard InChI is InChI=1S/C16H22N4O/c1-2-21-14-5-3-4-13(10-14)15(11-17)20-9-8-19-7-6-18-16(19)12-20/h3-7,10,15H,2,8-9,11-12,17H2,1H3. The molecule has 1 unspecified atom stereocenters. The maximum atomic E-state index is 6.05. The number of nitrogens with zero attached hydrogens (tertiary/aromatic N) is 3. The van der Waals surface area contributed by atoms with Crippen LogP contribution in [0.2, 0.25) is 0 Å². The van der Waals surface area contributed by atoms with Crippen LogP contribution in [0.3, 0.4) is 0 Å². The third-order valence-electron chi connectivity index (χ3n) is 3.99. The van der Waals surface area contributed by atoms with E-state index in [2.05, 4.69) is 26.6 Å². The lowest BCUT2D eigenvalue weighted by Crippen LogP contribution is -2.39. The highest BCUT2D eigenvalue weighted by Gasteiger charge is 2.24. The van der Waals surface area contributed by atoms with Crippen molar-refractivity contribution in [3.05, 3.63) is 48.0 Å². The first-order valence-corrected chi connectivity index (χ1v) is 7.48. The summed E-state index contributed by atoms with van der Waals surface area (Å²) in [6.45, 7) is 6.07. The lowest BCUT2D eigenvalue weighted by atomic mass is 10.0. The van der Waals surface area contributed by atoms with Gasteiger partial charge in [-0.3, -0.25) is 4.90 Å². The molecule has 1 aliphatic heterocycles. The fourth-order valence-corrected chi connectivity index (χ4v) is 2.93. The number of fused-ring (bicyclic) bond motifs is 1. The maximum absolute atomic E-state index is 6.05. The zero-order valence-electron chi connectivity index (χ0n) is 12.4. The van der Waals surface area contributed by atoms with Crippen molar-refractivity contribution in [3.8, 4) is 5.75 Å². The Hall–Kier alpha value is -1.85. The second-order valence-corrected chi connectivity index (χ2v) is 5.26. The van der Waals surface area contributed by atoms with E-state index in [1.165, 1.54) is 5.56 Å². The van der Waals surface area contributed by atoms with Gasteiger partial charge in [-0.05, 0) is 24.6 Å². The minimum Gasteiger partial charge on any atom is -0.494 e. The van der Waals surface area contributed by atoms with E-state index >= 15 is 0 Å². The minimum atomic E-state index is 0.204. The Balaban J connectivity index is 1.80. The number of imidazole rings is 1. The summed E-state index contributed by atoms with van der Waals surface area (Å²) in [7, 11) is 0. The third-order valence-corrected chi connectivity index (χ3v) is 3.99. The predicted octanol–water partition coefficient (Wildman–Crippen LogP) is 1.80. The van der Waals surface area contributed by atoms with E-state index in [1.807, 2.05) is 31.5 Å². The van der Waals surface area contributed by atoms with Gasteiger partial charge in [0.15, 0.2) is 0 Å². The Morgan fingerprint density at radius 2 is 2.29 bits per heavy atom. The Bertz CT molecular complexity index is 595. The number of nitrogens with two attached hydrogens (primary N) is 1. The molecule has 1 aliphatic rings. The first kappa shape index (κ1) is 14.1. The van der Waals surface area contributed by atoms with Crippen LogP contribution in [0.15, 0.2) is 36.7 Å². The van der Waals surface area contributed by atoms with Crippen molar-refractivity contribution in [2.24, 2.45) is 5.73 Å². The van der Waals surface area contributed by atoms with E-state index in [0.717, 1.165) is 31.2 Å². The predicted molar refractivity (Wildman–Crippen MR) is 82.0 cm³/mol. The summed E-state index contributed by atoms with van der Waals surface area (Å²) in [6.07, 6.45) is 3.91. The lowest BCUT2D eigenvalue weighted by molar-refractivity contribution is 0.156. The van der Waals surface area contributed by atoms with E-state index in [4.69, 9.17) is 10.5 Å². The lowest BCUT2D eigenvalue weighted by Gasteiger charge is -2.34. The molecule has 0 spiro atoms. The number of rotatable bonds is 5. The molecule has 0 saturated heterocycles. The van der Waals surface area contributed by atoms with Crippen molar-refractivity contribution in [1.29, 1.82) is 0 Å². The number of aromatic nitrogens is 2. The molecule has 1 aromatic carbocycles. The summed E-state index contributed by atoms with van der Waals surface area (Å²) in [5, 5.41) is 0. The highest BCUT2D eigenvalue weighted by atomic mass is 16.5. The Kier molecular flexibility index (Phi) is 4.22. The Labute approximate surface area is 125 Å². The molecule has 1 atom stereocenters. The summed E-state index contributed by atoms with van der Waals surface area (Å²) in [6, 6.07) is 8.46. The van der Waals surface area contributed by atoms with Crippen LogP contribution in [0, 0.1) is 0 Å². The molecule has 112 valence electrons. The molecule has 21 heavy (non-hydrogen) atoms. The third kappa shape index (κ3) is 2.94. The molecule has 2 heterocycles. The number of hydrogen-bond acceptors (Lipinski definition) is 4. The first-order chi connectivity index (χ1) is 10.3. The van der Waals surface area contributed by atoms with E-state index < -0.39 is 0 Å². The van der Waals surface area contributed by atoms with Gasteiger partial charge in [-0.2, -0.15) is 0 Å². The summed E-state index contributed by atoms with van der Waals surface area (Å²) in [5.41, 5.74) is 7.26. The Morgan fingerprint density at radius 1 is 1.38 bits per heavy atom. The SMILES string of the molecule is CCOc1cccc(C(CN)N2CCn3ccnc3C2)c1. The monoisotopic (exact) mass is 286 g/mol. The molecule has 0 radical (unpaired) electrons. The van der Waals surface area contributed by atoms with E-state index in [0.29, 0.717) is 13.2 Å². The molecule has 1 aromatic heterocycles. The van der Waals surface area contributed by atoms with Crippen molar-refractivity contribution in [3.63, 3.8) is 0 Å². The minimum absolute atomic E-state index is 0.204. The smallest absolute Gasteiger partial charge is 0.122 e. The second kappa shape index (κ2) is 6.28. The van der Waals surface area contributed by atoms with Gasteiger partial charge in [-0.25, -0.2) is 4.98 Å². The van der Waals surface area contributed by atoms with Crippen molar-refractivity contribution in [2.75, 3.05) is 19.7 Å². The molecular formula is C16H22N4O. The average molecular weight is 286 g/mol. The fourth-order valence-electron chi connectivity index (χ4n) is 2.93. The van der Waals surface area contributed by atoms with E-state index in [1.54, 1.807) is 0 Å². The van der Waals surface area contributed by atoms with Gasteiger partial charge >= 0.3 is 0 Å². The van der Waals surface area contributed by atoms with Crippen molar-refractivity contribution in [1.82, 2.24) is 14.5 Å². The van der Waals surface area contributed by atoms with Crippen molar-refractivity contribution < 1.29 is 4.74 Å². The van der Waals surface area contributed by atoms with Crippen LogP contribution in [0.25, 0.3) is 0 Å². The molecule has 0 saturated carbocycles. The molecule has 2 aromatic rings. The van der Waals surface area contributed by atoms with Crippen LogP contribution in [-0.2, 0) is 13.1 Å². The normalized spacial score (nSPS) is 16.5. The summed E-state index contributed by atoms with van der Waals surface area (Å²) in [4.78, 5) is 6.82. The van der Waals surface area contributed by atoms with Gasteiger partial charge in [0.25, 0.3) is 0 Å². The molecule has 3 rings (SSSR count). The fraction of sp³-hybridized carbons (Fsp3) is 0.438. The van der Waals surface area contributed by atoms with Gasteiger partial charge in [0.2, 0.25) is 0 Å². The molecule has 0 aliphatic carbocycles. The van der Waals surface area contributed by atoms with E-state index in [9.17, 15) is 0 Å². The molecule has 2 N–H and O–H groups in total. The van der Waals surface area contributed by atoms with Crippen LogP contribution >= 0.6 is 0 Å². The van der Waals surface area contributed by atoms with Crippen molar-refractivity contribution in [2.45, 2.75) is 26.1 Å². The van der Waals surface area contributed by atoms with Gasteiger partial charge in [-0.1, -0.05) is 12.1 Å². The maximum Gasteiger partial charge on any atom is 0.122 e. The topological polar surface area (TPSA) is 56.3 Å². The summed E-state index contributed by atoms with van der Waals surface area (Å²) < 4.78 is 7.81. The van der Waals surface area contributed by atoms with Gasteiger partial charge in [0.1, 0.15) is 11.6 Å². The van der Waals surface area contributed by atoms with Gasteiger partial charge in [0.05, 0.1) is 13.2 Å². The summed E-state index contributed by atoms with van der Waals surface area (Å²) >= 11 is 0. The zero-order valence-corrected chi connectivity index (χ0v) is 12.4. The molecular weight excluding hydrogens is 264 g/mol. The van der Waals surface area contributed by atoms with Crippen LogP contribution < -0.4 is 10.5 Å². The van der Waals surface area contributed by atoms with Crippen LogP contribution in [0.1, 0.15) is 24.4 Å². The second-order valence-electron chi connectivity index (χ2n) is 5.26. The summed E-state index contributed by atoms with van der Waals surface area (Å²) in [5.74, 6) is 2.02. The van der Waals surface area contributed by atoms with Crippen LogP contribution in [0.4, 0.5) is 0 Å². The molecule has 5 nitrogen and oxygen atoms in total. The van der Waals surface area contributed by atoms with Gasteiger partial charge in [0, 0.05) is 38.1 Å². The average Bonchev–Trinajstić information content (AvgIpc) is 2.96. The number of benzene rings is 1. The quantitative estimate of drug-likeness (QED) is 0.910. The van der Waals surface area contributed by atoms with Crippen LogP contribution in [0.5, 0.6) is 5.75 Å². The number of hydrogen-bond donors (Lipinski definition) is 1. The molecule has 0 amide bonds.